The van der Waals surface area contributed by atoms with Gasteiger partial charge < -0.3 is 10.6 Å². The summed E-state index contributed by atoms with van der Waals surface area (Å²) in [5.41, 5.74) is 9.25. The molecule has 0 amide bonds. The van der Waals surface area contributed by atoms with Gasteiger partial charge in [-0.05, 0) is 45.2 Å². The van der Waals surface area contributed by atoms with Gasteiger partial charge in [-0.3, -0.25) is 0 Å². The number of hydrogen-bond donors (Lipinski definition) is 1. The molecule has 0 fully saturated rings. The maximum Gasteiger partial charge on any atom is 0.0683 e. The average molecular weight is 243 g/mol. The van der Waals surface area contributed by atoms with Crippen LogP contribution in [0.5, 0.6) is 0 Å². The third-order valence-corrected chi connectivity index (χ3v) is 3.69. The van der Waals surface area contributed by atoms with Crippen molar-refractivity contribution < 1.29 is 0 Å². The minimum Gasteiger partial charge on any atom is -0.398 e. The zero-order valence-electron chi connectivity index (χ0n) is 11.2. The van der Waals surface area contributed by atoms with E-state index in [1.807, 2.05) is 26.0 Å². The molecular formula is C15H21N3. The molecule has 1 aliphatic heterocycles. The Labute approximate surface area is 109 Å². The van der Waals surface area contributed by atoms with E-state index in [9.17, 15) is 0 Å². The van der Waals surface area contributed by atoms with E-state index in [-0.39, 0.29) is 5.41 Å². The van der Waals surface area contributed by atoms with Crippen LogP contribution in [0, 0.1) is 16.7 Å². The van der Waals surface area contributed by atoms with Crippen LogP contribution in [0.4, 0.5) is 11.4 Å². The number of rotatable bonds is 4. The van der Waals surface area contributed by atoms with Crippen molar-refractivity contribution in [3.8, 4) is 6.07 Å². The average Bonchev–Trinajstić information content (AvgIpc) is 2.74. The number of nitrogens with two attached hydrogens (primary N) is 1. The normalized spacial score (nSPS) is 14.4. The van der Waals surface area contributed by atoms with Crippen molar-refractivity contribution in [3.63, 3.8) is 0 Å². The van der Waals surface area contributed by atoms with Gasteiger partial charge in [-0.1, -0.05) is 6.07 Å². The molecule has 1 aliphatic rings. The van der Waals surface area contributed by atoms with Crippen LogP contribution in [0.3, 0.4) is 0 Å². The van der Waals surface area contributed by atoms with Crippen molar-refractivity contribution in [2.45, 2.75) is 33.1 Å². The van der Waals surface area contributed by atoms with Gasteiger partial charge in [0.1, 0.15) is 0 Å². The topological polar surface area (TPSA) is 53.0 Å². The van der Waals surface area contributed by atoms with Crippen molar-refractivity contribution >= 4 is 11.4 Å². The first-order valence-corrected chi connectivity index (χ1v) is 6.57. The van der Waals surface area contributed by atoms with Gasteiger partial charge in [-0.2, -0.15) is 5.26 Å². The molecule has 2 rings (SSSR count). The molecule has 3 nitrogen and oxygen atoms in total. The van der Waals surface area contributed by atoms with Gasteiger partial charge in [0.25, 0.3) is 0 Å². The van der Waals surface area contributed by atoms with E-state index >= 15 is 0 Å². The number of nitrogen functional groups attached to an aromatic ring is 1. The van der Waals surface area contributed by atoms with Crippen LogP contribution in [-0.2, 0) is 6.42 Å². The van der Waals surface area contributed by atoms with E-state index in [2.05, 4.69) is 17.0 Å². The molecule has 0 aromatic heterocycles. The van der Waals surface area contributed by atoms with E-state index in [0.29, 0.717) is 0 Å². The molecule has 0 atom stereocenters. The lowest BCUT2D eigenvalue weighted by molar-refractivity contribution is 0.435. The van der Waals surface area contributed by atoms with Crippen LogP contribution in [-0.4, -0.2) is 13.1 Å². The number of hydrogen-bond acceptors (Lipinski definition) is 3. The van der Waals surface area contributed by atoms with Crippen LogP contribution < -0.4 is 10.6 Å². The number of nitriles is 1. The fourth-order valence-electron chi connectivity index (χ4n) is 2.53. The molecule has 1 heterocycles. The Bertz CT molecular complexity index is 471. The van der Waals surface area contributed by atoms with Crippen molar-refractivity contribution in [3.05, 3.63) is 23.8 Å². The van der Waals surface area contributed by atoms with Gasteiger partial charge in [0.05, 0.1) is 11.5 Å². The molecule has 0 saturated heterocycles. The Kier molecular flexibility index (Phi) is 3.47. The zero-order valence-corrected chi connectivity index (χ0v) is 11.2. The molecule has 18 heavy (non-hydrogen) atoms. The second-order valence-electron chi connectivity index (χ2n) is 5.68. The quantitative estimate of drug-likeness (QED) is 0.827. The highest BCUT2D eigenvalue weighted by molar-refractivity contribution is 5.68. The molecule has 0 spiro atoms. The summed E-state index contributed by atoms with van der Waals surface area (Å²) in [6, 6.07) is 8.50. The summed E-state index contributed by atoms with van der Waals surface area (Å²) in [6.07, 6.45) is 3.04. The maximum atomic E-state index is 9.00. The van der Waals surface area contributed by atoms with Crippen LogP contribution in [0.1, 0.15) is 32.3 Å². The Hall–Kier alpha value is -1.69. The van der Waals surface area contributed by atoms with Gasteiger partial charge in [-0.15, -0.1) is 0 Å². The van der Waals surface area contributed by atoms with Crippen LogP contribution >= 0.6 is 0 Å². The predicted molar refractivity (Wildman–Crippen MR) is 75.4 cm³/mol. The molecule has 2 N–H and O–H groups in total. The van der Waals surface area contributed by atoms with Crippen LogP contribution in [0.25, 0.3) is 0 Å². The van der Waals surface area contributed by atoms with E-state index in [1.54, 1.807) is 0 Å². The Balaban J connectivity index is 1.95. The monoisotopic (exact) mass is 243 g/mol. The number of benzene rings is 1. The maximum absolute atomic E-state index is 9.00. The summed E-state index contributed by atoms with van der Waals surface area (Å²) in [6.45, 7) is 6.07. The Morgan fingerprint density at radius 2 is 2.22 bits per heavy atom. The lowest BCUT2D eigenvalue weighted by Gasteiger charge is -2.22. The summed E-state index contributed by atoms with van der Waals surface area (Å²) in [5.74, 6) is 0. The number of anilines is 2. The second kappa shape index (κ2) is 4.89. The predicted octanol–water partition coefficient (Wildman–Crippen LogP) is 2.96. The summed E-state index contributed by atoms with van der Waals surface area (Å²) >= 11 is 0. The SMILES string of the molecule is CC(C)(C#N)CCCN1CCc2c(N)cccc21. The van der Waals surface area contributed by atoms with E-state index < -0.39 is 0 Å². The standard InChI is InChI=1S/C15H21N3/c1-15(2,11-16)8-4-9-18-10-7-12-13(17)5-3-6-14(12)18/h3,5-6H,4,7-10,17H2,1-2H3. The van der Waals surface area contributed by atoms with E-state index in [1.165, 1.54) is 11.3 Å². The van der Waals surface area contributed by atoms with Gasteiger partial charge >= 0.3 is 0 Å². The fourth-order valence-corrected chi connectivity index (χ4v) is 2.53. The molecule has 0 unspecified atom stereocenters. The molecule has 0 aliphatic carbocycles. The lowest BCUT2D eigenvalue weighted by Crippen LogP contribution is -2.23. The molecule has 96 valence electrons. The van der Waals surface area contributed by atoms with Gasteiger partial charge in [0.15, 0.2) is 0 Å². The highest BCUT2D eigenvalue weighted by Crippen LogP contribution is 2.32. The first-order chi connectivity index (χ1) is 8.53. The first-order valence-electron chi connectivity index (χ1n) is 6.57. The summed E-state index contributed by atoms with van der Waals surface area (Å²) < 4.78 is 0. The van der Waals surface area contributed by atoms with Gasteiger partial charge in [-0.25, -0.2) is 0 Å². The Morgan fingerprint density at radius 1 is 1.44 bits per heavy atom. The lowest BCUT2D eigenvalue weighted by atomic mass is 9.90. The molecule has 3 heteroatoms. The molecule has 0 bridgehead atoms. The van der Waals surface area contributed by atoms with Gasteiger partial charge in [0.2, 0.25) is 0 Å². The smallest absolute Gasteiger partial charge is 0.0683 e. The summed E-state index contributed by atoms with van der Waals surface area (Å²) in [4.78, 5) is 2.39. The third-order valence-electron chi connectivity index (χ3n) is 3.69. The molecule has 0 radical (unpaired) electrons. The van der Waals surface area contributed by atoms with E-state index in [0.717, 1.165) is 38.0 Å². The van der Waals surface area contributed by atoms with E-state index in [4.69, 9.17) is 11.0 Å². The number of nitrogens with zero attached hydrogens (tertiary/aromatic N) is 2. The van der Waals surface area contributed by atoms with Crippen molar-refractivity contribution in [2.75, 3.05) is 23.7 Å². The van der Waals surface area contributed by atoms with Crippen molar-refractivity contribution in [1.82, 2.24) is 0 Å². The van der Waals surface area contributed by atoms with Crippen molar-refractivity contribution in [1.29, 1.82) is 5.26 Å². The molecule has 1 aromatic rings. The number of fused-ring (bicyclic) bond motifs is 1. The molecular weight excluding hydrogens is 222 g/mol. The molecule has 0 saturated carbocycles. The summed E-state index contributed by atoms with van der Waals surface area (Å²) in [5, 5.41) is 9.00. The zero-order chi connectivity index (χ0) is 13.2. The highest BCUT2D eigenvalue weighted by atomic mass is 15.1. The largest absolute Gasteiger partial charge is 0.398 e. The third kappa shape index (κ3) is 2.59. The summed E-state index contributed by atoms with van der Waals surface area (Å²) in [7, 11) is 0. The van der Waals surface area contributed by atoms with Crippen LogP contribution in [0.2, 0.25) is 0 Å². The van der Waals surface area contributed by atoms with Crippen LogP contribution in [0.15, 0.2) is 18.2 Å². The fraction of sp³-hybridized carbons (Fsp3) is 0.533. The highest BCUT2D eigenvalue weighted by Gasteiger charge is 2.22. The second-order valence-corrected chi connectivity index (χ2v) is 5.68. The Morgan fingerprint density at radius 3 is 2.94 bits per heavy atom. The minimum absolute atomic E-state index is 0.210. The van der Waals surface area contributed by atoms with Crippen molar-refractivity contribution in [2.24, 2.45) is 5.41 Å². The first kappa shape index (κ1) is 12.8. The minimum atomic E-state index is -0.210. The molecule has 1 aromatic carbocycles. The van der Waals surface area contributed by atoms with Gasteiger partial charge in [0, 0.05) is 30.0 Å².